The number of ketones is 2. The Bertz CT molecular complexity index is 955. The normalized spacial score (nSPS) is 40.4. The molecule has 0 bridgehead atoms. The van der Waals surface area contributed by atoms with E-state index < -0.39 is 23.2 Å². The molecular formula is C27H39NO6S2. The summed E-state index contributed by atoms with van der Waals surface area (Å²) in [6.07, 6.45) is 8.34. The second-order valence-corrected chi connectivity index (χ2v) is 13.6. The summed E-state index contributed by atoms with van der Waals surface area (Å²) in [5.74, 6) is 0.661. The Kier molecular flexibility index (Phi) is 8.16. The molecule has 8 atom stereocenters. The molecule has 0 heterocycles. The third-order valence-corrected chi connectivity index (χ3v) is 11.6. The van der Waals surface area contributed by atoms with Crippen molar-refractivity contribution >= 4 is 46.6 Å². The van der Waals surface area contributed by atoms with Gasteiger partial charge in [-0.2, -0.15) is 11.8 Å². The van der Waals surface area contributed by atoms with Gasteiger partial charge in [0, 0.05) is 11.8 Å². The van der Waals surface area contributed by atoms with Crippen LogP contribution in [0.3, 0.4) is 0 Å². The average molecular weight is 538 g/mol. The van der Waals surface area contributed by atoms with Gasteiger partial charge in [0.1, 0.15) is 5.60 Å². The topological polar surface area (TPSA) is 121 Å². The largest absolute Gasteiger partial charge is 0.393 e. The zero-order valence-electron chi connectivity index (χ0n) is 21.5. The lowest BCUT2D eigenvalue weighted by atomic mass is 9.45. The first-order valence-electron chi connectivity index (χ1n) is 13.0. The van der Waals surface area contributed by atoms with Gasteiger partial charge in [0.25, 0.3) is 0 Å². The molecule has 0 aromatic carbocycles. The summed E-state index contributed by atoms with van der Waals surface area (Å²) in [7, 11) is 0. The Morgan fingerprint density at radius 3 is 2.69 bits per heavy atom. The molecule has 0 radical (unpaired) electrons. The van der Waals surface area contributed by atoms with Crippen LogP contribution in [-0.4, -0.2) is 68.8 Å². The molecule has 1 unspecified atom stereocenters. The third-order valence-electron chi connectivity index (χ3n) is 10.0. The first-order valence-corrected chi connectivity index (χ1v) is 15.4. The van der Waals surface area contributed by atoms with E-state index in [9.17, 15) is 29.4 Å². The van der Waals surface area contributed by atoms with E-state index in [1.54, 1.807) is 17.8 Å². The Labute approximate surface area is 222 Å². The van der Waals surface area contributed by atoms with E-state index >= 15 is 0 Å². The van der Waals surface area contributed by atoms with E-state index in [1.807, 2.05) is 13.2 Å². The second kappa shape index (κ2) is 10.5. The van der Waals surface area contributed by atoms with Crippen molar-refractivity contribution in [2.24, 2.45) is 28.6 Å². The molecule has 1 amide bonds. The highest BCUT2D eigenvalue weighted by atomic mass is 32.2. The van der Waals surface area contributed by atoms with E-state index in [0.29, 0.717) is 44.3 Å². The van der Waals surface area contributed by atoms with Gasteiger partial charge in [0.15, 0.2) is 11.6 Å². The molecule has 0 spiro atoms. The molecule has 9 heteroatoms. The molecule has 36 heavy (non-hydrogen) atoms. The highest BCUT2D eigenvalue weighted by molar-refractivity contribution is 8.14. The number of carbonyl (C=O) groups is 4. The second-order valence-electron chi connectivity index (χ2n) is 11.6. The minimum atomic E-state index is -1.59. The molecule has 4 rings (SSSR count). The number of amides is 1. The highest BCUT2D eigenvalue weighted by Gasteiger charge is 2.68. The van der Waals surface area contributed by atoms with Gasteiger partial charge in [0.2, 0.25) is 11.5 Å². The fourth-order valence-corrected chi connectivity index (χ4v) is 9.46. The Morgan fingerprint density at radius 1 is 1.25 bits per heavy atom. The minimum absolute atomic E-state index is 0.0173. The first-order chi connectivity index (χ1) is 17.0. The third kappa shape index (κ3) is 4.52. The molecule has 3 saturated carbocycles. The van der Waals surface area contributed by atoms with Gasteiger partial charge in [-0.25, -0.2) is 0 Å². The van der Waals surface area contributed by atoms with Gasteiger partial charge >= 0.3 is 0 Å². The molecule has 200 valence electrons. The van der Waals surface area contributed by atoms with Crippen molar-refractivity contribution in [3.05, 3.63) is 11.6 Å². The number of nitrogens with one attached hydrogen (secondary N) is 1. The molecule has 0 aromatic heterocycles. The number of hydrogen-bond donors (Lipinski definition) is 3. The SMILES string of the molecule is CSCCC(NC=O)C(=O)SCC(=O)[C@@]1(O)CC[C@H]2[C@@H]3CCC4=CC(=O)CC[C@]4(C)[C@H]3[C@@H](O)C[C@@]21C. The lowest BCUT2D eigenvalue weighted by Gasteiger charge is -2.60. The number of Topliss-reactive ketones (excluding diaryl/α,β-unsaturated/α-hetero) is 1. The summed E-state index contributed by atoms with van der Waals surface area (Å²) in [6.45, 7) is 4.13. The Morgan fingerprint density at radius 2 is 2.00 bits per heavy atom. The van der Waals surface area contributed by atoms with Crippen LogP contribution in [0.25, 0.3) is 0 Å². The molecule has 4 aliphatic rings. The Balaban J connectivity index is 1.50. The zero-order chi connectivity index (χ0) is 26.3. The van der Waals surface area contributed by atoms with Crippen molar-refractivity contribution < 1.29 is 29.4 Å². The van der Waals surface area contributed by atoms with Crippen LogP contribution in [0.15, 0.2) is 11.6 Å². The van der Waals surface area contributed by atoms with Gasteiger partial charge in [-0.3, -0.25) is 19.2 Å². The number of aliphatic hydroxyl groups is 2. The van der Waals surface area contributed by atoms with Crippen LogP contribution in [0.5, 0.6) is 0 Å². The van der Waals surface area contributed by atoms with Crippen molar-refractivity contribution in [2.45, 2.75) is 83.0 Å². The number of carbonyl (C=O) groups excluding carboxylic acids is 4. The van der Waals surface area contributed by atoms with E-state index in [-0.39, 0.29) is 45.6 Å². The van der Waals surface area contributed by atoms with Gasteiger partial charge in [-0.1, -0.05) is 31.2 Å². The van der Waals surface area contributed by atoms with E-state index in [0.717, 1.165) is 36.6 Å². The fraction of sp³-hybridized carbons (Fsp3) is 0.778. The van der Waals surface area contributed by atoms with E-state index in [4.69, 9.17) is 0 Å². The van der Waals surface area contributed by atoms with Crippen molar-refractivity contribution in [1.29, 1.82) is 0 Å². The Hall–Kier alpha value is -1.16. The van der Waals surface area contributed by atoms with Gasteiger partial charge < -0.3 is 15.5 Å². The molecule has 4 aliphatic carbocycles. The van der Waals surface area contributed by atoms with Crippen molar-refractivity contribution in [2.75, 3.05) is 17.8 Å². The number of thioether (sulfide) groups is 2. The van der Waals surface area contributed by atoms with Crippen LogP contribution < -0.4 is 5.32 Å². The summed E-state index contributed by atoms with van der Waals surface area (Å²) in [6, 6.07) is -0.654. The molecular weight excluding hydrogens is 498 g/mol. The van der Waals surface area contributed by atoms with Crippen molar-refractivity contribution in [1.82, 2.24) is 5.32 Å². The quantitative estimate of drug-likeness (QED) is 0.384. The summed E-state index contributed by atoms with van der Waals surface area (Å²) >= 11 is 2.44. The van der Waals surface area contributed by atoms with Crippen molar-refractivity contribution in [3.8, 4) is 0 Å². The summed E-state index contributed by atoms with van der Waals surface area (Å²) < 4.78 is 0. The predicted octanol–water partition coefficient (Wildman–Crippen LogP) is 2.92. The maximum atomic E-state index is 13.5. The molecule has 0 aromatic rings. The maximum Gasteiger partial charge on any atom is 0.211 e. The fourth-order valence-electron chi connectivity index (χ4n) is 8.09. The van der Waals surface area contributed by atoms with Crippen LogP contribution in [-0.2, 0) is 19.2 Å². The zero-order valence-corrected chi connectivity index (χ0v) is 23.1. The molecule has 3 N–H and O–H groups in total. The predicted molar refractivity (Wildman–Crippen MR) is 142 cm³/mol. The van der Waals surface area contributed by atoms with Gasteiger partial charge in [-0.05, 0) is 86.2 Å². The summed E-state index contributed by atoms with van der Waals surface area (Å²) in [5, 5.41) is 25.6. The first kappa shape index (κ1) is 27.9. The summed E-state index contributed by atoms with van der Waals surface area (Å²) in [5.41, 5.74) is -1.43. The average Bonchev–Trinajstić information content (AvgIpc) is 3.11. The standard InChI is InChI=1S/C27H39NO6S2/c1-25-9-6-17(30)12-16(25)4-5-18-19-7-10-27(34,26(19,2)13-21(31)23(18)25)22(32)14-36-24(33)20(28-15-29)8-11-35-3/h12,15,18-21,23,31,34H,4-11,13-14H2,1-3H3,(H,28,29)/t18-,19-,20?,21-,23+,25-,26-,27-/m0/s1. The van der Waals surface area contributed by atoms with E-state index in [2.05, 4.69) is 12.2 Å². The number of aliphatic hydroxyl groups excluding tert-OH is 1. The lowest BCUT2D eigenvalue weighted by Crippen LogP contribution is -2.62. The summed E-state index contributed by atoms with van der Waals surface area (Å²) in [4.78, 5) is 49.2. The van der Waals surface area contributed by atoms with Crippen LogP contribution in [0.2, 0.25) is 0 Å². The number of hydrogen-bond acceptors (Lipinski definition) is 8. The van der Waals surface area contributed by atoms with Crippen LogP contribution in [0, 0.1) is 28.6 Å². The molecule has 7 nitrogen and oxygen atoms in total. The van der Waals surface area contributed by atoms with Crippen LogP contribution >= 0.6 is 23.5 Å². The van der Waals surface area contributed by atoms with Gasteiger partial charge in [0.05, 0.1) is 17.9 Å². The number of allylic oxidation sites excluding steroid dienone is 1. The van der Waals surface area contributed by atoms with Gasteiger partial charge in [-0.15, -0.1) is 0 Å². The lowest BCUT2D eigenvalue weighted by molar-refractivity contribution is -0.178. The number of rotatable bonds is 9. The molecule has 0 saturated heterocycles. The van der Waals surface area contributed by atoms with Crippen LogP contribution in [0.1, 0.15) is 65.2 Å². The molecule has 0 aliphatic heterocycles. The maximum absolute atomic E-state index is 13.5. The van der Waals surface area contributed by atoms with E-state index in [1.165, 1.54) is 0 Å². The minimum Gasteiger partial charge on any atom is -0.393 e. The highest BCUT2D eigenvalue weighted by Crippen LogP contribution is 2.67. The molecule has 3 fully saturated rings. The number of fused-ring (bicyclic) bond motifs is 5. The van der Waals surface area contributed by atoms with Crippen molar-refractivity contribution in [3.63, 3.8) is 0 Å². The monoisotopic (exact) mass is 537 g/mol. The van der Waals surface area contributed by atoms with Crippen LogP contribution in [0.4, 0.5) is 0 Å². The smallest absolute Gasteiger partial charge is 0.211 e.